The lowest BCUT2D eigenvalue weighted by molar-refractivity contribution is -0.129. The number of carbonyl (C=O) groups excluding carboxylic acids is 2. The number of piperazine rings is 1. The summed E-state index contributed by atoms with van der Waals surface area (Å²) < 4.78 is 5.65. The molecule has 10 heteroatoms. The van der Waals surface area contributed by atoms with Crippen LogP contribution in [-0.2, 0) is 4.79 Å². The molecular weight excluding hydrogens is 495 g/mol. The van der Waals surface area contributed by atoms with Crippen LogP contribution < -0.4 is 15.5 Å². The maximum absolute atomic E-state index is 12.6. The molecule has 0 radical (unpaired) electrons. The smallest absolute Gasteiger partial charge is 0.293 e. The number of hydrogen-bond donors (Lipinski definition) is 2. The molecule has 0 aliphatic carbocycles. The van der Waals surface area contributed by atoms with Gasteiger partial charge in [0, 0.05) is 55.1 Å². The zero-order chi connectivity index (χ0) is 24.2. The van der Waals surface area contributed by atoms with E-state index in [9.17, 15) is 9.59 Å². The number of carbonyl (C=O) groups is 2. The van der Waals surface area contributed by atoms with Crippen LogP contribution in [-0.4, -0.2) is 48.0 Å². The van der Waals surface area contributed by atoms with Crippen LogP contribution in [0.4, 0.5) is 11.4 Å². The Morgan fingerprint density at radius 3 is 2.35 bits per heavy atom. The van der Waals surface area contributed by atoms with Crippen molar-refractivity contribution in [1.29, 1.82) is 0 Å². The van der Waals surface area contributed by atoms with Crippen molar-refractivity contribution in [3.05, 3.63) is 70.4 Å². The van der Waals surface area contributed by atoms with Crippen molar-refractivity contribution in [2.45, 2.75) is 6.92 Å². The van der Waals surface area contributed by atoms with E-state index in [0.29, 0.717) is 34.5 Å². The Bertz CT molecular complexity index is 1220. The van der Waals surface area contributed by atoms with E-state index < -0.39 is 5.91 Å². The summed E-state index contributed by atoms with van der Waals surface area (Å²) in [5.41, 5.74) is 2.39. The van der Waals surface area contributed by atoms with Crippen molar-refractivity contribution in [2.75, 3.05) is 36.4 Å². The molecule has 4 rings (SSSR count). The molecule has 0 atom stereocenters. The lowest BCUT2D eigenvalue weighted by Crippen LogP contribution is -2.48. The van der Waals surface area contributed by atoms with Crippen LogP contribution in [0.1, 0.15) is 17.5 Å². The Balaban J connectivity index is 1.32. The van der Waals surface area contributed by atoms with Gasteiger partial charge in [-0.05, 0) is 66.8 Å². The van der Waals surface area contributed by atoms with Gasteiger partial charge in [-0.25, -0.2) is 0 Å². The van der Waals surface area contributed by atoms with Crippen molar-refractivity contribution in [3.63, 3.8) is 0 Å². The summed E-state index contributed by atoms with van der Waals surface area (Å²) in [7, 11) is 0. The highest BCUT2D eigenvalue weighted by Crippen LogP contribution is 2.31. The molecule has 176 valence electrons. The third-order valence-electron chi connectivity index (χ3n) is 5.47. The zero-order valence-corrected chi connectivity index (χ0v) is 20.6. The number of nitrogens with one attached hydrogen (secondary N) is 2. The minimum atomic E-state index is -0.484. The van der Waals surface area contributed by atoms with Crippen LogP contribution in [0.3, 0.4) is 0 Å². The summed E-state index contributed by atoms with van der Waals surface area (Å²) in [6, 6.07) is 15.9. The van der Waals surface area contributed by atoms with Gasteiger partial charge in [-0.1, -0.05) is 23.2 Å². The third kappa shape index (κ3) is 5.70. The van der Waals surface area contributed by atoms with Crippen molar-refractivity contribution in [3.8, 4) is 11.3 Å². The molecule has 0 spiro atoms. The van der Waals surface area contributed by atoms with Gasteiger partial charge in [-0.3, -0.25) is 14.9 Å². The molecule has 1 aliphatic rings. The summed E-state index contributed by atoms with van der Waals surface area (Å²) >= 11 is 17.5. The predicted molar refractivity (Wildman–Crippen MR) is 139 cm³/mol. The normalized spacial score (nSPS) is 13.5. The van der Waals surface area contributed by atoms with Gasteiger partial charge < -0.3 is 19.5 Å². The number of amides is 2. The Labute approximate surface area is 212 Å². The van der Waals surface area contributed by atoms with Gasteiger partial charge in [0.25, 0.3) is 5.91 Å². The fraction of sp³-hybridized carbons (Fsp3) is 0.208. The molecule has 1 saturated heterocycles. The SMILES string of the molecule is CC(=O)N1CCN(c2ccc(NC(=S)NC(=O)c3ccc(-c4cc(Cl)ccc4Cl)o3)cc2)CC1. The number of halogens is 2. The van der Waals surface area contributed by atoms with E-state index in [0.717, 1.165) is 24.5 Å². The Kier molecular flexibility index (Phi) is 7.41. The average Bonchev–Trinajstić information content (AvgIpc) is 3.31. The number of thiocarbonyl (C=S) groups is 1. The molecule has 0 saturated carbocycles. The summed E-state index contributed by atoms with van der Waals surface area (Å²) in [5.74, 6) is 0.141. The monoisotopic (exact) mass is 516 g/mol. The molecule has 2 N–H and O–H groups in total. The molecule has 7 nitrogen and oxygen atoms in total. The molecule has 1 aromatic heterocycles. The molecule has 1 fully saturated rings. The highest BCUT2D eigenvalue weighted by Gasteiger charge is 2.19. The van der Waals surface area contributed by atoms with Gasteiger partial charge in [-0.2, -0.15) is 0 Å². The van der Waals surface area contributed by atoms with Crippen molar-refractivity contribution >= 4 is 63.7 Å². The van der Waals surface area contributed by atoms with Gasteiger partial charge in [0.1, 0.15) is 5.76 Å². The Hall–Kier alpha value is -3.07. The average molecular weight is 517 g/mol. The lowest BCUT2D eigenvalue weighted by Gasteiger charge is -2.35. The fourth-order valence-electron chi connectivity index (χ4n) is 3.65. The predicted octanol–water partition coefficient (Wildman–Crippen LogP) is 5.05. The molecule has 2 heterocycles. The topological polar surface area (TPSA) is 77.8 Å². The second-order valence-electron chi connectivity index (χ2n) is 7.74. The number of nitrogens with zero attached hydrogens (tertiary/aromatic N) is 2. The first-order valence-corrected chi connectivity index (χ1v) is 11.7. The van der Waals surface area contributed by atoms with Crippen molar-refractivity contribution < 1.29 is 14.0 Å². The second kappa shape index (κ2) is 10.5. The number of hydrogen-bond acceptors (Lipinski definition) is 5. The largest absolute Gasteiger partial charge is 0.451 e. The molecule has 2 aromatic carbocycles. The minimum Gasteiger partial charge on any atom is -0.451 e. The summed E-state index contributed by atoms with van der Waals surface area (Å²) in [6.45, 7) is 4.59. The second-order valence-corrected chi connectivity index (χ2v) is 8.99. The molecular formula is C24H22Cl2N4O3S. The molecule has 0 bridgehead atoms. The van der Waals surface area contributed by atoms with Gasteiger partial charge in [0.15, 0.2) is 10.9 Å². The van der Waals surface area contributed by atoms with Crippen molar-refractivity contribution in [2.24, 2.45) is 0 Å². The number of anilines is 2. The van der Waals surface area contributed by atoms with Crippen molar-refractivity contribution in [1.82, 2.24) is 10.2 Å². The van der Waals surface area contributed by atoms with E-state index in [2.05, 4.69) is 15.5 Å². The molecule has 1 aliphatic heterocycles. The van der Waals surface area contributed by atoms with Gasteiger partial charge in [0.05, 0.1) is 5.02 Å². The lowest BCUT2D eigenvalue weighted by atomic mass is 10.2. The number of rotatable bonds is 4. The first kappa shape index (κ1) is 24.1. The minimum absolute atomic E-state index is 0.0928. The standard InChI is InChI=1S/C24H22Cl2N4O3S/c1-15(31)29-10-12-30(13-11-29)18-5-3-17(4-6-18)27-24(34)28-23(32)22-9-8-21(33-22)19-14-16(25)2-7-20(19)26/h2-9,14H,10-13H2,1H3,(H2,27,28,32,34). The zero-order valence-electron chi connectivity index (χ0n) is 18.3. The summed E-state index contributed by atoms with van der Waals surface area (Å²) in [6.07, 6.45) is 0. The van der Waals surface area contributed by atoms with E-state index in [1.807, 2.05) is 29.2 Å². The quantitative estimate of drug-likeness (QED) is 0.472. The fourth-order valence-corrected chi connectivity index (χ4v) is 4.25. The Morgan fingerprint density at radius 2 is 1.68 bits per heavy atom. The molecule has 0 unspecified atom stereocenters. The van der Waals surface area contributed by atoms with E-state index in [1.54, 1.807) is 37.3 Å². The van der Waals surface area contributed by atoms with E-state index in [4.69, 9.17) is 39.8 Å². The van der Waals surface area contributed by atoms with Crippen LogP contribution in [0.25, 0.3) is 11.3 Å². The van der Waals surface area contributed by atoms with Gasteiger partial charge in [0.2, 0.25) is 5.91 Å². The first-order valence-electron chi connectivity index (χ1n) is 10.6. The van der Waals surface area contributed by atoms with E-state index in [-0.39, 0.29) is 16.8 Å². The molecule has 3 aromatic rings. The first-order chi connectivity index (χ1) is 16.3. The highest BCUT2D eigenvalue weighted by molar-refractivity contribution is 7.80. The third-order valence-corrected chi connectivity index (χ3v) is 6.23. The van der Waals surface area contributed by atoms with Gasteiger partial charge >= 0.3 is 0 Å². The van der Waals surface area contributed by atoms with Crippen LogP contribution in [0, 0.1) is 0 Å². The maximum Gasteiger partial charge on any atom is 0.293 e. The van der Waals surface area contributed by atoms with Crippen LogP contribution in [0.15, 0.2) is 59.0 Å². The molecule has 2 amide bonds. The van der Waals surface area contributed by atoms with Crippen LogP contribution in [0.2, 0.25) is 10.0 Å². The summed E-state index contributed by atoms with van der Waals surface area (Å²) in [5, 5.41) is 6.73. The Morgan fingerprint density at radius 1 is 0.971 bits per heavy atom. The highest BCUT2D eigenvalue weighted by atomic mass is 35.5. The number of benzene rings is 2. The van der Waals surface area contributed by atoms with E-state index in [1.165, 1.54) is 0 Å². The van der Waals surface area contributed by atoms with Crippen LogP contribution in [0.5, 0.6) is 0 Å². The van der Waals surface area contributed by atoms with Gasteiger partial charge in [-0.15, -0.1) is 0 Å². The van der Waals surface area contributed by atoms with E-state index >= 15 is 0 Å². The maximum atomic E-state index is 12.6. The number of furan rings is 1. The molecule has 34 heavy (non-hydrogen) atoms. The summed E-state index contributed by atoms with van der Waals surface area (Å²) in [4.78, 5) is 28.1. The van der Waals surface area contributed by atoms with Crippen LogP contribution >= 0.6 is 35.4 Å².